The zero-order valence-electron chi connectivity index (χ0n) is 11.7. The van der Waals surface area contributed by atoms with Gasteiger partial charge in [0.25, 0.3) is 0 Å². The molecule has 1 aliphatic rings. The van der Waals surface area contributed by atoms with Crippen LogP contribution >= 0.6 is 0 Å². The van der Waals surface area contributed by atoms with Crippen LogP contribution in [0.15, 0.2) is 24.3 Å². The molecule has 1 heterocycles. The first kappa shape index (κ1) is 14.9. The molecule has 1 fully saturated rings. The van der Waals surface area contributed by atoms with E-state index in [0.29, 0.717) is 12.2 Å². The minimum Gasteiger partial charge on any atom is -0.396 e. The van der Waals surface area contributed by atoms with E-state index in [0.717, 1.165) is 19.4 Å². The number of aliphatic hydroxyl groups is 1. The van der Waals surface area contributed by atoms with E-state index >= 15 is 0 Å². The average molecular weight is 280 g/mol. The lowest BCUT2D eigenvalue weighted by atomic mass is 9.83. The molecule has 1 atom stereocenters. The van der Waals surface area contributed by atoms with Crippen LogP contribution in [0.4, 0.5) is 10.1 Å². The zero-order chi connectivity index (χ0) is 14.6. The van der Waals surface area contributed by atoms with E-state index in [4.69, 9.17) is 0 Å². The predicted molar refractivity (Wildman–Crippen MR) is 75.9 cm³/mol. The van der Waals surface area contributed by atoms with Crippen LogP contribution in [0.2, 0.25) is 0 Å². The molecule has 2 N–H and O–H groups in total. The summed E-state index contributed by atoms with van der Waals surface area (Å²) in [4.78, 5) is 14.0. The first-order valence-corrected chi connectivity index (χ1v) is 6.89. The molecule has 0 spiro atoms. The van der Waals surface area contributed by atoms with Gasteiger partial charge < -0.3 is 10.4 Å². The van der Waals surface area contributed by atoms with Crippen molar-refractivity contribution in [3.05, 3.63) is 30.1 Å². The summed E-state index contributed by atoms with van der Waals surface area (Å²) in [5.74, 6) is -0.522. The molecule has 110 valence electrons. The molecule has 0 saturated carbocycles. The van der Waals surface area contributed by atoms with Gasteiger partial charge in [-0.05, 0) is 37.6 Å². The molecule has 4 nitrogen and oxygen atoms in total. The van der Waals surface area contributed by atoms with E-state index in [1.54, 1.807) is 12.1 Å². The molecule has 0 bridgehead atoms. The summed E-state index contributed by atoms with van der Waals surface area (Å²) >= 11 is 0. The van der Waals surface area contributed by atoms with E-state index in [-0.39, 0.29) is 30.3 Å². The van der Waals surface area contributed by atoms with E-state index in [1.165, 1.54) is 12.1 Å². The monoisotopic (exact) mass is 280 g/mol. The number of piperidine rings is 1. The van der Waals surface area contributed by atoms with Gasteiger partial charge in [-0.15, -0.1) is 0 Å². The number of aliphatic hydroxyl groups excluding tert-OH is 1. The highest BCUT2D eigenvalue weighted by Crippen LogP contribution is 2.28. The number of carbonyl (C=O) groups is 1. The standard InChI is InChI=1S/C15H21FN2O2/c1-15(11-19)6-3-7-18(10-15)9-14(20)17-13-5-2-4-12(16)8-13/h2,4-5,8,19H,3,6-7,9-11H2,1H3,(H,17,20). The number of hydrogen-bond acceptors (Lipinski definition) is 3. The van der Waals surface area contributed by atoms with Crippen molar-refractivity contribution in [2.24, 2.45) is 5.41 Å². The molecule has 1 aliphatic heterocycles. The molecule has 1 unspecified atom stereocenters. The van der Waals surface area contributed by atoms with Gasteiger partial charge >= 0.3 is 0 Å². The Hall–Kier alpha value is -1.46. The normalized spacial score (nSPS) is 23.6. The van der Waals surface area contributed by atoms with Crippen molar-refractivity contribution < 1.29 is 14.3 Å². The van der Waals surface area contributed by atoms with Crippen molar-refractivity contribution in [2.45, 2.75) is 19.8 Å². The van der Waals surface area contributed by atoms with Crippen molar-refractivity contribution in [1.29, 1.82) is 0 Å². The molecule has 2 rings (SSSR count). The molecular formula is C15H21FN2O2. The molecular weight excluding hydrogens is 259 g/mol. The second-order valence-electron chi connectivity index (χ2n) is 5.84. The molecule has 1 saturated heterocycles. The fraction of sp³-hybridized carbons (Fsp3) is 0.533. The summed E-state index contributed by atoms with van der Waals surface area (Å²) < 4.78 is 13.0. The van der Waals surface area contributed by atoms with E-state index in [9.17, 15) is 14.3 Å². The fourth-order valence-corrected chi connectivity index (χ4v) is 2.66. The Kier molecular flexibility index (Phi) is 4.73. The quantitative estimate of drug-likeness (QED) is 0.885. The van der Waals surface area contributed by atoms with Crippen LogP contribution in [0.25, 0.3) is 0 Å². The SMILES string of the molecule is CC1(CO)CCCN(CC(=O)Nc2cccc(F)c2)C1. The second-order valence-corrected chi connectivity index (χ2v) is 5.84. The lowest BCUT2D eigenvalue weighted by molar-refractivity contribution is -0.118. The number of likely N-dealkylation sites (tertiary alicyclic amines) is 1. The van der Waals surface area contributed by atoms with Gasteiger partial charge in [0, 0.05) is 24.3 Å². The van der Waals surface area contributed by atoms with Gasteiger partial charge in [-0.1, -0.05) is 13.0 Å². The Morgan fingerprint density at radius 2 is 2.35 bits per heavy atom. The number of amides is 1. The van der Waals surface area contributed by atoms with Gasteiger partial charge in [0.15, 0.2) is 0 Å². The number of benzene rings is 1. The highest BCUT2D eigenvalue weighted by Gasteiger charge is 2.30. The minimum atomic E-state index is -0.367. The molecule has 1 aromatic carbocycles. The summed E-state index contributed by atoms with van der Waals surface area (Å²) in [5.41, 5.74) is 0.342. The number of anilines is 1. The van der Waals surface area contributed by atoms with Gasteiger partial charge in [-0.25, -0.2) is 4.39 Å². The van der Waals surface area contributed by atoms with Crippen molar-refractivity contribution in [3.8, 4) is 0 Å². The topological polar surface area (TPSA) is 52.6 Å². The van der Waals surface area contributed by atoms with Crippen molar-refractivity contribution in [2.75, 3.05) is 31.6 Å². The smallest absolute Gasteiger partial charge is 0.238 e. The van der Waals surface area contributed by atoms with Crippen molar-refractivity contribution in [1.82, 2.24) is 4.90 Å². The maximum atomic E-state index is 13.0. The zero-order valence-corrected chi connectivity index (χ0v) is 11.7. The first-order chi connectivity index (χ1) is 9.50. The Labute approximate surface area is 118 Å². The Morgan fingerprint density at radius 3 is 3.05 bits per heavy atom. The molecule has 0 aliphatic carbocycles. The number of rotatable bonds is 4. The van der Waals surface area contributed by atoms with Crippen LogP contribution in [0.5, 0.6) is 0 Å². The van der Waals surface area contributed by atoms with Gasteiger partial charge in [0.2, 0.25) is 5.91 Å². The third-order valence-corrected chi connectivity index (χ3v) is 3.72. The molecule has 20 heavy (non-hydrogen) atoms. The van der Waals surface area contributed by atoms with Gasteiger partial charge in [-0.3, -0.25) is 9.69 Å². The van der Waals surface area contributed by atoms with Gasteiger partial charge in [0.1, 0.15) is 5.82 Å². The summed E-state index contributed by atoms with van der Waals surface area (Å²) in [7, 11) is 0. The van der Waals surface area contributed by atoms with E-state index in [1.807, 2.05) is 11.8 Å². The van der Waals surface area contributed by atoms with Gasteiger partial charge in [-0.2, -0.15) is 0 Å². The molecule has 1 amide bonds. The number of halogens is 1. The molecule has 1 aromatic rings. The largest absolute Gasteiger partial charge is 0.396 e. The second kappa shape index (κ2) is 6.33. The lowest BCUT2D eigenvalue weighted by Gasteiger charge is -2.38. The molecule has 0 aromatic heterocycles. The summed E-state index contributed by atoms with van der Waals surface area (Å²) in [6, 6.07) is 5.86. The highest BCUT2D eigenvalue weighted by atomic mass is 19.1. The third kappa shape index (κ3) is 4.02. The summed E-state index contributed by atoms with van der Waals surface area (Å²) in [6.45, 7) is 4.00. The molecule has 5 heteroatoms. The number of nitrogens with one attached hydrogen (secondary N) is 1. The molecule has 0 radical (unpaired) electrons. The fourth-order valence-electron chi connectivity index (χ4n) is 2.66. The lowest BCUT2D eigenvalue weighted by Crippen LogP contribution is -2.46. The number of carbonyl (C=O) groups excluding carboxylic acids is 1. The van der Waals surface area contributed by atoms with E-state index in [2.05, 4.69) is 5.32 Å². The Bertz CT molecular complexity index is 481. The minimum absolute atomic E-state index is 0.128. The van der Waals surface area contributed by atoms with Crippen LogP contribution in [0, 0.1) is 11.2 Å². The number of nitrogens with zero attached hydrogens (tertiary/aromatic N) is 1. The van der Waals surface area contributed by atoms with E-state index < -0.39 is 0 Å². The van der Waals surface area contributed by atoms with Gasteiger partial charge in [0.05, 0.1) is 6.54 Å². The van der Waals surface area contributed by atoms with Crippen LogP contribution in [-0.4, -0.2) is 42.2 Å². The van der Waals surface area contributed by atoms with Crippen LogP contribution < -0.4 is 5.32 Å². The predicted octanol–water partition coefficient (Wildman–Crippen LogP) is 1.86. The highest BCUT2D eigenvalue weighted by molar-refractivity contribution is 5.92. The van der Waals surface area contributed by atoms with Crippen molar-refractivity contribution >= 4 is 11.6 Å². The Morgan fingerprint density at radius 1 is 1.55 bits per heavy atom. The summed E-state index contributed by atoms with van der Waals surface area (Å²) in [5, 5.41) is 12.1. The maximum absolute atomic E-state index is 13.0. The first-order valence-electron chi connectivity index (χ1n) is 6.89. The maximum Gasteiger partial charge on any atom is 0.238 e. The van der Waals surface area contributed by atoms with Crippen LogP contribution in [-0.2, 0) is 4.79 Å². The van der Waals surface area contributed by atoms with Crippen molar-refractivity contribution in [3.63, 3.8) is 0 Å². The third-order valence-electron chi connectivity index (χ3n) is 3.72. The van der Waals surface area contributed by atoms with Crippen LogP contribution in [0.3, 0.4) is 0 Å². The number of hydrogen-bond donors (Lipinski definition) is 2. The summed E-state index contributed by atoms with van der Waals surface area (Å²) in [6.07, 6.45) is 1.95. The Balaban J connectivity index is 1.88. The van der Waals surface area contributed by atoms with Crippen LogP contribution in [0.1, 0.15) is 19.8 Å². The average Bonchev–Trinajstić information content (AvgIpc) is 2.38.